The third-order valence-corrected chi connectivity index (χ3v) is 2.16. The molecule has 1 aromatic heterocycles. The highest BCUT2D eigenvalue weighted by Gasteiger charge is 2.04. The minimum Gasteiger partial charge on any atom is -0.301 e. The molecule has 15 heavy (non-hydrogen) atoms. The van der Waals surface area contributed by atoms with Crippen LogP contribution < -0.4 is 11.2 Å². The fraction of sp³-hybridized carbons (Fsp3) is 0.100. The molecular formula is C10H8N2O3. The molecule has 0 unspecified atom stereocenters. The molecular weight excluding hydrogens is 196 g/mol. The molecule has 5 nitrogen and oxygen atoms in total. The Morgan fingerprint density at radius 1 is 1.27 bits per heavy atom. The highest BCUT2D eigenvalue weighted by atomic mass is 16.2. The number of carbonyl (C=O) groups is 1. The van der Waals surface area contributed by atoms with Crippen molar-refractivity contribution in [3.63, 3.8) is 0 Å². The first kappa shape index (κ1) is 9.39. The number of para-hydroxylation sites is 1. The number of aromatic nitrogens is 2. The molecule has 0 atom stereocenters. The lowest BCUT2D eigenvalue weighted by Gasteiger charge is -2.04. The summed E-state index contributed by atoms with van der Waals surface area (Å²) < 4.78 is 1.23. The lowest BCUT2D eigenvalue weighted by molar-refractivity contribution is -0.108. The number of nitrogens with zero attached hydrogens (tertiary/aromatic N) is 1. The Kier molecular flexibility index (Phi) is 2.21. The molecule has 0 spiro atoms. The maximum Gasteiger partial charge on any atom is 0.329 e. The van der Waals surface area contributed by atoms with Gasteiger partial charge in [0.15, 0.2) is 0 Å². The average molecular weight is 204 g/mol. The number of aromatic amines is 1. The zero-order valence-electron chi connectivity index (χ0n) is 7.77. The van der Waals surface area contributed by atoms with Crippen LogP contribution in [-0.4, -0.2) is 15.8 Å². The maximum absolute atomic E-state index is 11.4. The van der Waals surface area contributed by atoms with Gasteiger partial charge in [-0.15, -0.1) is 0 Å². The summed E-state index contributed by atoms with van der Waals surface area (Å²) in [6.45, 7) is -0.0594. The van der Waals surface area contributed by atoms with E-state index in [9.17, 15) is 14.4 Å². The second kappa shape index (κ2) is 3.53. The van der Waals surface area contributed by atoms with Crippen molar-refractivity contribution in [2.24, 2.45) is 0 Å². The first-order valence-corrected chi connectivity index (χ1v) is 4.39. The first-order chi connectivity index (χ1) is 7.24. The molecule has 1 heterocycles. The van der Waals surface area contributed by atoms with Crippen molar-refractivity contribution < 1.29 is 4.79 Å². The van der Waals surface area contributed by atoms with Gasteiger partial charge in [-0.25, -0.2) is 4.79 Å². The van der Waals surface area contributed by atoms with Gasteiger partial charge in [-0.1, -0.05) is 12.1 Å². The Balaban J connectivity index is 2.96. The van der Waals surface area contributed by atoms with Crippen LogP contribution in [0.25, 0.3) is 10.9 Å². The Hall–Kier alpha value is -2.17. The molecule has 0 saturated heterocycles. The van der Waals surface area contributed by atoms with Crippen molar-refractivity contribution in [1.29, 1.82) is 0 Å². The summed E-state index contributed by atoms with van der Waals surface area (Å²) in [6.07, 6.45) is 0.617. The largest absolute Gasteiger partial charge is 0.329 e. The Labute approximate surface area is 84.0 Å². The minimum atomic E-state index is -0.564. The number of hydrogen-bond donors (Lipinski definition) is 1. The van der Waals surface area contributed by atoms with E-state index in [1.807, 2.05) is 0 Å². The zero-order valence-corrected chi connectivity index (χ0v) is 7.77. The van der Waals surface area contributed by atoms with E-state index in [1.54, 1.807) is 24.3 Å². The number of aldehydes is 1. The van der Waals surface area contributed by atoms with Crippen molar-refractivity contribution in [3.05, 3.63) is 45.1 Å². The monoisotopic (exact) mass is 204 g/mol. The summed E-state index contributed by atoms with van der Waals surface area (Å²) in [4.78, 5) is 35.4. The van der Waals surface area contributed by atoms with Gasteiger partial charge < -0.3 is 4.79 Å². The van der Waals surface area contributed by atoms with Crippen LogP contribution in [-0.2, 0) is 11.3 Å². The first-order valence-electron chi connectivity index (χ1n) is 4.39. The molecule has 0 aliphatic heterocycles. The van der Waals surface area contributed by atoms with Gasteiger partial charge in [-0.3, -0.25) is 14.3 Å². The normalized spacial score (nSPS) is 10.4. The van der Waals surface area contributed by atoms with E-state index >= 15 is 0 Å². The summed E-state index contributed by atoms with van der Waals surface area (Å²) in [5.74, 6) is 0. The molecule has 2 rings (SSSR count). The summed E-state index contributed by atoms with van der Waals surface area (Å²) in [6, 6.07) is 6.65. The van der Waals surface area contributed by atoms with Crippen LogP contribution in [0.1, 0.15) is 0 Å². The molecule has 1 N–H and O–H groups in total. The van der Waals surface area contributed by atoms with E-state index < -0.39 is 11.2 Å². The molecule has 1 aromatic carbocycles. The number of H-pyrrole nitrogens is 1. The van der Waals surface area contributed by atoms with Crippen LogP contribution in [0, 0.1) is 0 Å². The van der Waals surface area contributed by atoms with Gasteiger partial charge in [0.2, 0.25) is 0 Å². The van der Waals surface area contributed by atoms with Gasteiger partial charge in [0.1, 0.15) is 6.29 Å². The SMILES string of the molecule is O=CCn1c(=O)[nH]c(=O)c2ccccc21. The highest BCUT2D eigenvalue weighted by Crippen LogP contribution is 2.05. The fourth-order valence-electron chi connectivity index (χ4n) is 1.50. The molecule has 5 heteroatoms. The van der Waals surface area contributed by atoms with Gasteiger partial charge >= 0.3 is 5.69 Å². The average Bonchev–Trinajstić information content (AvgIpc) is 2.24. The van der Waals surface area contributed by atoms with Crippen molar-refractivity contribution in [2.75, 3.05) is 0 Å². The number of rotatable bonds is 2. The van der Waals surface area contributed by atoms with E-state index in [4.69, 9.17) is 0 Å². The van der Waals surface area contributed by atoms with E-state index in [0.717, 1.165) is 0 Å². The summed E-state index contributed by atoms with van der Waals surface area (Å²) in [5.41, 5.74) is -0.526. The zero-order chi connectivity index (χ0) is 10.8. The Bertz CT molecular complexity index is 624. The van der Waals surface area contributed by atoms with Crippen molar-refractivity contribution in [1.82, 2.24) is 9.55 Å². The molecule has 0 bridgehead atoms. The second-order valence-corrected chi connectivity index (χ2v) is 3.05. The van der Waals surface area contributed by atoms with Crippen LogP contribution in [0.15, 0.2) is 33.9 Å². The summed E-state index contributed by atoms with van der Waals surface area (Å²) in [5, 5.41) is 0.402. The standard InChI is InChI=1S/C10H8N2O3/c13-6-5-12-8-4-2-1-3-7(8)9(14)11-10(12)15/h1-4,6H,5H2,(H,11,14,15). The predicted molar refractivity (Wildman–Crippen MR) is 54.9 cm³/mol. The van der Waals surface area contributed by atoms with Crippen LogP contribution >= 0.6 is 0 Å². The molecule has 0 aliphatic carbocycles. The second-order valence-electron chi connectivity index (χ2n) is 3.05. The van der Waals surface area contributed by atoms with E-state index in [1.165, 1.54) is 4.57 Å². The number of hydrogen-bond acceptors (Lipinski definition) is 3. The molecule has 0 amide bonds. The number of nitrogens with one attached hydrogen (secondary N) is 1. The fourth-order valence-corrected chi connectivity index (χ4v) is 1.50. The van der Waals surface area contributed by atoms with Gasteiger partial charge in [-0.2, -0.15) is 0 Å². The number of benzene rings is 1. The Morgan fingerprint density at radius 3 is 2.73 bits per heavy atom. The van der Waals surface area contributed by atoms with Crippen LogP contribution in [0.3, 0.4) is 0 Å². The number of carbonyl (C=O) groups excluding carboxylic acids is 1. The summed E-state index contributed by atoms with van der Waals surface area (Å²) >= 11 is 0. The summed E-state index contributed by atoms with van der Waals surface area (Å²) in [7, 11) is 0. The third kappa shape index (κ3) is 1.48. The topological polar surface area (TPSA) is 71.9 Å². The van der Waals surface area contributed by atoms with Crippen molar-refractivity contribution in [3.8, 4) is 0 Å². The molecule has 2 aromatic rings. The Morgan fingerprint density at radius 2 is 2.00 bits per heavy atom. The highest BCUT2D eigenvalue weighted by molar-refractivity contribution is 5.78. The smallest absolute Gasteiger partial charge is 0.301 e. The third-order valence-electron chi connectivity index (χ3n) is 2.16. The molecule has 0 aliphatic rings. The quantitative estimate of drug-likeness (QED) is 0.693. The van der Waals surface area contributed by atoms with E-state index in [-0.39, 0.29) is 6.54 Å². The van der Waals surface area contributed by atoms with E-state index in [0.29, 0.717) is 17.2 Å². The van der Waals surface area contributed by atoms with Gasteiger partial charge in [0, 0.05) is 0 Å². The minimum absolute atomic E-state index is 0.0594. The number of fused-ring (bicyclic) bond motifs is 1. The predicted octanol–water partition coefficient (Wildman–Crippen LogP) is -0.111. The lowest BCUT2D eigenvalue weighted by atomic mass is 10.2. The van der Waals surface area contributed by atoms with Gasteiger partial charge in [0.25, 0.3) is 5.56 Å². The van der Waals surface area contributed by atoms with Gasteiger partial charge in [-0.05, 0) is 12.1 Å². The molecule has 76 valence electrons. The van der Waals surface area contributed by atoms with Crippen molar-refractivity contribution in [2.45, 2.75) is 6.54 Å². The lowest BCUT2D eigenvalue weighted by Crippen LogP contribution is -2.30. The van der Waals surface area contributed by atoms with E-state index in [2.05, 4.69) is 4.98 Å². The molecule has 0 fully saturated rings. The van der Waals surface area contributed by atoms with Crippen molar-refractivity contribution >= 4 is 17.2 Å². The molecule has 0 saturated carbocycles. The molecule has 0 radical (unpaired) electrons. The maximum atomic E-state index is 11.4. The van der Waals surface area contributed by atoms with Crippen LogP contribution in [0.5, 0.6) is 0 Å². The van der Waals surface area contributed by atoms with Gasteiger partial charge in [0.05, 0.1) is 17.4 Å². The van der Waals surface area contributed by atoms with Crippen LogP contribution in [0.4, 0.5) is 0 Å². The van der Waals surface area contributed by atoms with Crippen LogP contribution in [0.2, 0.25) is 0 Å².